The summed E-state index contributed by atoms with van der Waals surface area (Å²) >= 11 is 1.56. The van der Waals surface area contributed by atoms with Gasteiger partial charge in [0, 0.05) is 6.20 Å². The first-order valence-corrected chi connectivity index (χ1v) is 9.11. The molecule has 1 aromatic carbocycles. The molecule has 0 spiro atoms. The number of para-hydroxylation sites is 1. The minimum atomic E-state index is -0.176. The topological polar surface area (TPSA) is 60.1 Å². The molecule has 0 aliphatic rings. The van der Waals surface area contributed by atoms with Crippen molar-refractivity contribution in [2.45, 2.75) is 13.5 Å². The summed E-state index contributed by atoms with van der Waals surface area (Å²) < 4.78 is 7.25. The zero-order valence-electron chi connectivity index (χ0n) is 14.2. The van der Waals surface area contributed by atoms with Gasteiger partial charge in [0.05, 0.1) is 22.7 Å². The van der Waals surface area contributed by atoms with Gasteiger partial charge in [-0.3, -0.25) is 4.79 Å². The number of carbonyl (C=O) groups excluding carboxylic acids is 1. The van der Waals surface area contributed by atoms with Crippen LogP contribution >= 0.6 is 11.3 Å². The maximum atomic E-state index is 12.8. The third-order valence-electron chi connectivity index (χ3n) is 3.95. The van der Waals surface area contributed by atoms with Gasteiger partial charge in [0.2, 0.25) is 0 Å². The molecule has 0 saturated heterocycles. The highest BCUT2D eigenvalue weighted by atomic mass is 32.1. The zero-order chi connectivity index (χ0) is 17.9. The Labute approximate surface area is 154 Å². The molecule has 0 bridgehead atoms. The van der Waals surface area contributed by atoms with Gasteiger partial charge in [0.15, 0.2) is 0 Å². The molecule has 6 heteroatoms. The van der Waals surface area contributed by atoms with Gasteiger partial charge in [0.25, 0.3) is 5.91 Å². The van der Waals surface area contributed by atoms with Crippen LogP contribution in [0, 0.1) is 6.92 Å². The second-order valence-corrected chi connectivity index (χ2v) is 6.79. The summed E-state index contributed by atoms with van der Waals surface area (Å²) in [5.74, 6) is 1.37. The van der Waals surface area contributed by atoms with E-state index in [1.54, 1.807) is 22.2 Å². The number of thiophene rings is 1. The molecule has 0 radical (unpaired) electrons. The maximum absolute atomic E-state index is 12.8. The average molecular weight is 363 g/mol. The van der Waals surface area contributed by atoms with Crippen molar-refractivity contribution >= 4 is 17.2 Å². The third-order valence-corrected chi connectivity index (χ3v) is 4.83. The van der Waals surface area contributed by atoms with E-state index in [2.05, 4.69) is 10.4 Å². The predicted octanol–water partition coefficient (Wildman–Crippen LogP) is 4.43. The van der Waals surface area contributed by atoms with Crippen LogP contribution in [0.2, 0.25) is 0 Å². The average Bonchev–Trinajstić information content (AvgIpc) is 3.40. The van der Waals surface area contributed by atoms with E-state index < -0.39 is 0 Å². The molecular formula is C20H17N3O2S. The molecule has 0 atom stereocenters. The molecule has 0 aliphatic heterocycles. The Morgan fingerprint density at radius 1 is 1.15 bits per heavy atom. The molecule has 3 heterocycles. The van der Waals surface area contributed by atoms with E-state index in [0.29, 0.717) is 17.8 Å². The van der Waals surface area contributed by atoms with Gasteiger partial charge in [-0.15, -0.1) is 11.3 Å². The summed E-state index contributed by atoms with van der Waals surface area (Å²) in [6, 6.07) is 17.4. The number of hydrogen-bond acceptors (Lipinski definition) is 4. The normalized spacial score (nSPS) is 10.8. The van der Waals surface area contributed by atoms with Crippen LogP contribution in [0.15, 0.2) is 70.6 Å². The number of hydrogen-bond donors (Lipinski definition) is 1. The summed E-state index contributed by atoms with van der Waals surface area (Å²) in [6.45, 7) is 2.22. The van der Waals surface area contributed by atoms with Gasteiger partial charge in [-0.2, -0.15) is 5.10 Å². The standard InChI is InChI=1S/C20H17N3O2S/c1-14-9-10-16(25-14)12-21-20(24)17-13-23(15-6-3-2-4-7-15)22-19(17)18-8-5-11-26-18/h2-11,13H,12H2,1H3,(H,21,24). The summed E-state index contributed by atoms with van der Waals surface area (Å²) in [5.41, 5.74) is 2.13. The van der Waals surface area contributed by atoms with E-state index in [0.717, 1.165) is 22.1 Å². The Morgan fingerprint density at radius 3 is 2.69 bits per heavy atom. The van der Waals surface area contributed by atoms with Gasteiger partial charge in [-0.25, -0.2) is 4.68 Å². The van der Waals surface area contributed by atoms with Crippen LogP contribution < -0.4 is 5.32 Å². The highest BCUT2D eigenvalue weighted by Crippen LogP contribution is 2.27. The van der Waals surface area contributed by atoms with Gasteiger partial charge in [-0.05, 0) is 42.6 Å². The Bertz CT molecular complexity index is 1020. The lowest BCUT2D eigenvalue weighted by molar-refractivity contribution is 0.0948. The molecule has 0 unspecified atom stereocenters. The Hall–Kier alpha value is -3.12. The van der Waals surface area contributed by atoms with Crippen LogP contribution in [0.3, 0.4) is 0 Å². The van der Waals surface area contributed by atoms with Crippen LogP contribution in [0.25, 0.3) is 16.3 Å². The molecule has 0 saturated carbocycles. The lowest BCUT2D eigenvalue weighted by Gasteiger charge is -2.02. The summed E-state index contributed by atoms with van der Waals surface area (Å²) in [6.07, 6.45) is 1.77. The van der Waals surface area contributed by atoms with E-state index in [4.69, 9.17) is 4.42 Å². The molecule has 1 amide bonds. The van der Waals surface area contributed by atoms with Gasteiger partial charge in [-0.1, -0.05) is 24.3 Å². The molecule has 4 aromatic rings. The highest BCUT2D eigenvalue weighted by molar-refractivity contribution is 7.13. The van der Waals surface area contributed by atoms with Crippen molar-refractivity contribution in [2.75, 3.05) is 0 Å². The molecule has 130 valence electrons. The number of nitrogens with one attached hydrogen (secondary N) is 1. The highest BCUT2D eigenvalue weighted by Gasteiger charge is 2.19. The van der Waals surface area contributed by atoms with Crippen molar-refractivity contribution < 1.29 is 9.21 Å². The molecule has 1 N–H and O–H groups in total. The number of nitrogens with zero attached hydrogens (tertiary/aromatic N) is 2. The Kier molecular flexibility index (Phi) is 4.41. The third kappa shape index (κ3) is 3.32. The van der Waals surface area contributed by atoms with Crippen LogP contribution in [0.4, 0.5) is 0 Å². The predicted molar refractivity (Wildman–Crippen MR) is 101 cm³/mol. The fourth-order valence-corrected chi connectivity index (χ4v) is 3.41. The Morgan fingerprint density at radius 2 is 2.00 bits per heavy atom. The van der Waals surface area contributed by atoms with Crippen molar-refractivity contribution in [1.29, 1.82) is 0 Å². The summed E-state index contributed by atoms with van der Waals surface area (Å²) in [5, 5.41) is 9.54. The lowest BCUT2D eigenvalue weighted by atomic mass is 10.2. The van der Waals surface area contributed by atoms with Crippen LogP contribution in [-0.2, 0) is 6.54 Å². The largest absolute Gasteiger partial charge is 0.465 e. The number of amides is 1. The minimum absolute atomic E-state index is 0.176. The number of aromatic nitrogens is 2. The van der Waals surface area contributed by atoms with Crippen molar-refractivity contribution in [3.05, 3.63) is 83.3 Å². The fourth-order valence-electron chi connectivity index (χ4n) is 2.69. The van der Waals surface area contributed by atoms with Crippen molar-refractivity contribution in [2.24, 2.45) is 0 Å². The summed E-state index contributed by atoms with van der Waals surface area (Å²) in [4.78, 5) is 13.7. The van der Waals surface area contributed by atoms with Crippen LogP contribution in [-0.4, -0.2) is 15.7 Å². The minimum Gasteiger partial charge on any atom is -0.465 e. The second kappa shape index (κ2) is 7.01. The molecule has 4 rings (SSSR count). The smallest absolute Gasteiger partial charge is 0.255 e. The van der Waals surface area contributed by atoms with Crippen LogP contribution in [0.5, 0.6) is 0 Å². The van der Waals surface area contributed by atoms with Crippen molar-refractivity contribution in [3.63, 3.8) is 0 Å². The van der Waals surface area contributed by atoms with E-state index in [-0.39, 0.29) is 5.91 Å². The molecule has 3 aromatic heterocycles. The molecule has 0 fully saturated rings. The van der Waals surface area contributed by atoms with Crippen LogP contribution in [0.1, 0.15) is 21.9 Å². The van der Waals surface area contributed by atoms with E-state index in [1.807, 2.05) is 66.9 Å². The van der Waals surface area contributed by atoms with Gasteiger partial charge in [0.1, 0.15) is 17.2 Å². The number of rotatable bonds is 5. The maximum Gasteiger partial charge on any atom is 0.255 e. The first-order chi connectivity index (χ1) is 12.7. The number of furan rings is 1. The van der Waals surface area contributed by atoms with Crippen molar-refractivity contribution in [1.82, 2.24) is 15.1 Å². The van der Waals surface area contributed by atoms with Crippen molar-refractivity contribution in [3.8, 4) is 16.3 Å². The van der Waals surface area contributed by atoms with E-state index in [1.165, 1.54) is 0 Å². The number of benzene rings is 1. The fraction of sp³-hybridized carbons (Fsp3) is 0.100. The zero-order valence-corrected chi connectivity index (χ0v) is 15.0. The summed E-state index contributed by atoms with van der Waals surface area (Å²) in [7, 11) is 0. The quantitative estimate of drug-likeness (QED) is 0.570. The molecule has 0 aliphatic carbocycles. The SMILES string of the molecule is Cc1ccc(CNC(=O)c2cn(-c3ccccc3)nc2-c2cccs2)o1. The number of carbonyl (C=O) groups is 1. The first-order valence-electron chi connectivity index (χ1n) is 8.23. The monoisotopic (exact) mass is 363 g/mol. The van der Waals surface area contributed by atoms with E-state index in [9.17, 15) is 4.79 Å². The first kappa shape index (κ1) is 16.4. The second-order valence-electron chi connectivity index (χ2n) is 5.84. The molecular weight excluding hydrogens is 346 g/mol. The molecule has 5 nitrogen and oxygen atoms in total. The molecule has 26 heavy (non-hydrogen) atoms. The van der Waals surface area contributed by atoms with Gasteiger partial charge >= 0.3 is 0 Å². The number of aryl methyl sites for hydroxylation is 1. The Balaban J connectivity index is 1.65. The lowest BCUT2D eigenvalue weighted by Crippen LogP contribution is -2.22. The van der Waals surface area contributed by atoms with E-state index >= 15 is 0 Å². The van der Waals surface area contributed by atoms with Gasteiger partial charge < -0.3 is 9.73 Å².